The SMILES string of the molecule is N[C@H](Cc1ccc(-c2ccccc2)cc1)NC(=O)[C@@H]1CCCN1. The van der Waals surface area contributed by atoms with Crippen LogP contribution in [0, 0.1) is 0 Å². The summed E-state index contributed by atoms with van der Waals surface area (Å²) in [5.74, 6) is 0.0101. The molecule has 120 valence electrons. The lowest BCUT2D eigenvalue weighted by Gasteiger charge is -2.17. The summed E-state index contributed by atoms with van der Waals surface area (Å²) in [4.78, 5) is 12.0. The van der Waals surface area contributed by atoms with E-state index in [0.717, 1.165) is 24.9 Å². The van der Waals surface area contributed by atoms with Crippen LogP contribution >= 0.6 is 0 Å². The number of amides is 1. The van der Waals surface area contributed by atoms with Crippen LogP contribution < -0.4 is 16.4 Å². The van der Waals surface area contributed by atoms with E-state index in [1.54, 1.807) is 0 Å². The molecule has 0 unspecified atom stereocenters. The van der Waals surface area contributed by atoms with Crippen molar-refractivity contribution in [1.82, 2.24) is 10.6 Å². The van der Waals surface area contributed by atoms with Gasteiger partial charge in [-0.05, 0) is 36.1 Å². The van der Waals surface area contributed by atoms with Crippen LogP contribution in [0.2, 0.25) is 0 Å². The molecule has 3 rings (SSSR count). The minimum Gasteiger partial charge on any atom is -0.339 e. The lowest BCUT2D eigenvalue weighted by molar-refractivity contribution is -0.123. The number of carbonyl (C=O) groups is 1. The van der Waals surface area contributed by atoms with E-state index in [2.05, 4.69) is 47.0 Å². The quantitative estimate of drug-likeness (QED) is 0.741. The largest absolute Gasteiger partial charge is 0.339 e. The minimum absolute atomic E-state index is 0.0101. The van der Waals surface area contributed by atoms with Crippen LogP contribution in [0.25, 0.3) is 11.1 Å². The Morgan fingerprint density at radius 3 is 2.48 bits per heavy atom. The number of carbonyl (C=O) groups excluding carboxylic acids is 1. The van der Waals surface area contributed by atoms with E-state index in [1.165, 1.54) is 11.1 Å². The predicted molar refractivity (Wildman–Crippen MR) is 92.7 cm³/mol. The van der Waals surface area contributed by atoms with Gasteiger partial charge in [-0.3, -0.25) is 4.79 Å². The fourth-order valence-corrected chi connectivity index (χ4v) is 2.96. The Hall–Kier alpha value is -2.17. The molecule has 2 aromatic carbocycles. The standard InChI is InChI=1S/C19H23N3O/c20-18(22-19(23)17-7-4-12-21-17)13-14-8-10-16(11-9-14)15-5-2-1-3-6-15/h1-3,5-6,8-11,17-18,21H,4,7,12-13,20H2,(H,22,23)/t17-,18-/m0/s1. The van der Waals surface area contributed by atoms with Crippen molar-refractivity contribution in [1.29, 1.82) is 0 Å². The summed E-state index contributed by atoms with van der Waals surface area (Å²) in [7, 11) is 0. The Morgan fingerprint density at radius 2 is 1.83 bits per heavy atom. The highest BCUT2D eigenvalue weighted by atomic mass is 16.2. The first-order chi connectivity index (χ1) is 11.2. The van der Waals surface area contributed by atoms with Crippen LogP contribution in [-0.4, -0.2) is 24.7 Å². The molecule has 0 aromatic heterocycles. The number of hydrogen-bond donors (Lipinski definition) is 3. The molecule has 0 spiro atoms. The van der Waals surface area contributed by atoms with Crippen molar-refractivity contribution in [2.75, 3.05) is 6.54 Å². The number of nitrogens with two attached hydrogens (primary N) is 1. The van der Waals surface area contributed by atoms with Gasteiger partial charge in [-0.15, -0.1) is 0 Å². The summed E-state index contributed by atoms with van der Waals surface area (Å²) < 4.78 is 0. The van der Waals surface area contributed by atoms with Crippen LogP contribution in [0.15, 0.2) is 54.6 Å². The van der Waals surface area contributed by atoms with E-state index >= 15 is 0 Å². The third-order valence-corrected chi connectivity index (χ3v) is 4.22. The van der Waals surface area contributed by atoms with Gasteiger partial charge in [0, 0.05) is 6.42 Å². The molecular formula is C19H23N3O. The third-order valence-electron chi connectivity index (χ3n) is 4.22. The fraction of sp³-hybridized carbons (Fsp3) is 0.316. The Kier molecular flexibility index (Phi) is 5.05. The first kappa shape index (κ1) is 15.7. The van der Waals surface area contributed by atoms with E-state index in [-0.39, 0.29) is 18.1 Å². The minimum atomic E-state index is -0.354. The van der Waals surface area contributed by atoms with Crippen molar-refractivity contribution < 1.29 is 4.79 Å². The van der Waals surface area contributed by atoms with Crippen LogP contribution in [0.4, 0.5) is 0 Å². The van der Waals surface area contributed by atoms with E-state index in [1.807, 2.05) is 18.2 Å². The summed E-state index contributed by atoms with van der Waals surface area (Å²) >= 11 is 0. The molecule has 0 saturated carbocycles. The van der Waals surface area contributed by atoms with Gasteiger partial charge in [0.1, 0.15) is 0 Å². The average molecular weight is 309 g/mol. The summed E-state index contributed by atoms with van der Waals surface area (Å²) in [6, 6.07) is 18.5. The molecule has 0 aliphatic carbocycles. The molecule has 1 heterocycles. The van der Waals surface area contributed by atoms with Crippen molar-refractivity contribution >= 4 is 5.91 Å². The topological polar surface area (TPSA) is 67.1 Å². The molecular weight excluding hydrogens is 286 g/mol. The first-order valence-corrected chi connectivity index (χ1v) is 8.16. The van der Waals surface area contributed by atoms with Gasteiger partial charge in [-0.1, -0.05) is 54.6 Å². The number of rotatable bonds is 5. The first-order valence-electron chi connectivity index (χ1n) is 8.16. The maximum atomic E-state index is 12.0. The van der Waals surface area contributed by atoms with Gasteiger partial charge in [0.15, 0.2) is 0 Å². The van der Waals surface area contributed by atoms with Crippen molar-refractivity contribution in [2.45, 2.75) is 31.5 Å². The molecule has 23 heavy (non-hydrogen) atoms. The van der Waals surface area contributed by atoms with Gasteiger partial charge >= 0.3 is 0 Å². The Balaban J connectivity index is 1.56. The molecule has 0 radical (unpaired) electrons. The second-order valence-electron chi connectivity index (χ2n) is 6.03. The predicted octanol–water partition coefficient (Wildman–Crippen LogP) is 2.05. The lowest BCUT2D eigenvalue weighted by Crippen LogP contribution is -2.49. The number of nitrogens with one attached hydrogen (secondary N) is 2. The summed E-state index contributed by atoms with van der Waals surface area (Å²) in [5.41, 5.74) is 9.57. The maximum Gasteiger partial charge on any atom is 0.238 e. The van der Waals surface area contributed by atoms with Crippen LogP contribution in [0.5, 0.6) is 0 Å². The van der Waals surface area contributed by atoms with Gasteiger partial charge in [0.2, 0.25) is 5.91 Å². The molecule has 1 aliphatic rings. The normalized spacial score (nSPS) is 18.6. The summed E-state index contributed by atoms with van der Waals surface area (Å²) in [5, 5.41) is 6.08. The molecule has 0 bridgehead atoms. The van der Waals surface area contributed by atoms with E-state index in [0.29, 0.717) is 6.42 Å². The van der Waals surface area contributed by atoms with Crippen molar-refractivity contribution in [3.8, 4) is 11.1 Å². The molecule has 4 N–H and O–H groups in total. The molecule has 4 heteroatoms. The number of hydrogen-bond acceptors (Lipinski definition) is 3. The van der Waals surface area contributed by atoms with E-state index < -0.39 is 0 Å². The van der Waals surface area contributed by atoms with Crippen LogP contribution in [-0.2, 0) is 11.2 Å². The molecule has 1 saturated heterocycles. The summed E-state index contributed by atoms with van der Waals surface area (Å²) in [6.45, 7) is 0.911. The average Bonchev–Trinajstić information content (AvgIpc) is 3.11. The molecule has 2 aromatic rings. The van der Waals surface area contributed by atoms with Gasteiger partial charge < -0.3 is 16.4 Å². The Bertz CT molecular complexity index is 633. The smallest absolute Gasteiger partial charge is 0.238 e. The highest BCUT2D eigenvalue weighted by Crippen LogP contribution is 2.19. The Labute approximate surface area is 137 Å². The van der Waals surface area contributed by atoms with Gasteiger partial charge in [-0.25, -0.2) is 0 Å². The molecule has 2 atom stereocenters. The second-order valence-corrected chi connectivity index (χ2v) is 6.03. The molecule has 1 amide bonds. The maximum absolute atomic E-state index is 12.0. The van der Waals surface area contributed by atoms with Gasteiger partial charge in [0.25, 0.3) is 0 Å². The molecule has 1 fully saturated rings. The fourth-order valence-electron chi connectivity index (χ4n) is 2.96. The zero-order valence-corrected chi connectivity index (χ0v) is 13.2. The van der Waals surface area contributed by atoms with Crippen LogP contribution in [0.1, 0.15) is 18.4 Å². The van der Waals surface area contributed by atoms with Crippen molar-refractivity contribution in [2.24, 2.45) is 5.73 Å². The second kappa shape index (κ2) is 7.40. The molecule has 1 aliphatic heterocycles. The molecule has 4 nitrogen and oxygen atoms in total. The van der Waals surface area contributed by atoms with Gasteiger partial charge in [0.05, 0.1) is 12.2 Å². The highest BCUT2D eigenvalue weighted by molar-refractivity contribution is 5.82. The number of benzene rings is 2. The Morgan fingerprint density at radius 1 is 1.13 bits per heavy atom. The monoisotopic (exact) mass is 309 g/mol. The third kappa shape index (κ3) is 4.18. The van der Waals surface area contributed by atoms with E-state index in [9.17, 15) is 4.79 Å². The zero-order chi connectivity index (χ0) is 16.1. The van der Waals surface area contributed by atoms with E-state index in [4.69, 9.17) is 5.73 Å². The summed E-state index contributed by atoms with van der Waals surface area (Å²) in [6.07, 6.45) is 2.22. The highest BCUT2D eigenvalue weighted by Gasteiger charge is 2.23. The van der Waals surface area contributed by atoms with Crippen LogP contribution in [0.3, 0.4) is 0 Å². The zero-order valence-electron chi connectivity index (χ0n) is 13.2. The van der Waals surface area contributed by atoms with Gasteiger partial charge in [-0.2, -0.15) is 0 Å². The van der Waals surface area contributed by atoms with Crippen molar-refractivity contribution in [3.63, 3.8) is 0 Å². The van der Waals surface area contributed by atoms with Crippen molar-refractivity contribution in [3.05, 3.63) is 60.2 Å². The lowest BCUT2D eigenvalue weighted by atomic mass is 10.0.